The Morgan fingerprint density at radius 2 is 1.60 bits per heavy atom. The number of nitrogens with zero attached hydrogens (tertiary/aromatic N) is 5. The van der Waals surface area contributed by atoms with Crippen LogP contribution in [-0.2, 0) is 10.0 Å². The summed E-state index contributed by atoms with van der Waals surface area (Å²) in [5.41, 5.74) is 0.852. The molecule has 1 fully saturated rings. The lowest BCUT2D eigenvalue weighted by molar-refractivity contribution is 0.0839. The molecule has 1 aliphatic carbocycles. The van der Waals surface area contributed by atoms with Crippen molar-refractivity contribution in [2.75, 3.05) is 32.2 Å². The summed E-state index contributed by atoms with van der Waals surface area (Å²) >= 11 is 0. The molecule has 2 heterocycles. The van der Waals surface area contributed by atoms with Gasteiger partial charge >= 0.3 is 0 Å². The summed E-state index contributed by atoms with van der Waals surface area (Å²) in [4.78, 5) is 4.57. The van der Waals surface area contributed by atoms with E-state index in [4.69, 9.17) is 14.2 Å². The Hall–Kier alpha value is -3.16. The SMILES string of the molecule is COc1cccc(-c2nnc(N(CC[Si](C)(C)C)S(=O)(=O)[C@@H](C)C(O)C3CCCCC3)n2-c2c(OC)cccc2OC)n1. The Labute approximate surface area is 256 Å². The van der Waals surface area contributed by atoms with Crippen molar-refractivity contribution in [2.45, 2.75) is 76.1 Å². The van der Waals surface area contributed by atoms with Crippen molar-refractivity contribution in [3.05, 3.63) is 36.4 Å². The second kappa shape index (κ2) is 13.6. The number of rotatable bonds is 13. The predicted molar refractivity (Wildman–Crippen MR) is 171 cm³/mol. The zero-order valence-electron chi connectivity index (χ0n) is 26.3. The molecule has 3 aromatic rings. The van der Waals surface area contributed by atoms with Gasteiger partial charge in [-0.15, -0.1) is 10.2 Å². The van der Waals surface area contributed by atoms with Crippen molar-refractivity contribution in [2.24, 2.45) is 5.92 Å². The minimum Gasteiger partial charge on any atom is -0.494 e. The summed E-state index contributed by atoms with van der Waals surface area (Å²) in [5.74, 6) is 1.52. The first-order chi connectivity index (χ1) is 20.4. The van der Waals surface area contributed by atoms with Crippen LogP contribution in [0.1, 0.15) is 39.0 Å². The first-order valence-electron chi connectivity index (χ1n) is 14.8. The van der Waals surface area contributed by atoms with E-state index in [1.807, 2.05) is 0 Å². The smallest absolute Gasteiger partial charge is 0.246 e. The van der Waals surface area contributed by atoms with Crippen LogP contribution in [0.25, 0.3) is 17.2 Å². The van der Waals surface area contributed by atoms with Crippen molar-refractivity contribution in [3.8, 4) is 34.6 Å². The normalized spacial score (nSPS) is 16.0. The van der Waals surface area contributed by atoms with Gasteiger partial charge in [-0.3, -0.25) is 4.57 Å². The highest BCUT2D eigenvalue weighted by Crippen LogP contribution is 2.40. The number of anilines is 1. The Balaban J connectivity index is 1.96. The molecule has 0 bridgehead atoms. The second-order valence-electron chi connectivity index (χ2n) is 12.3. The average molecular weight is 632 g/mol. The highest BCUT2D eigenvalue weighted by Gasteiger charge is 2.41. The maximum atomic E-state index is 14.6. The van der Waals surface area contributed by atoms with E-state index >= 15 is 0 Å². The molecule has 0 saturated heterocycles. The zero-order valence-corrected chi connectivity index (χ0v) is 28.1. The molecule has 11 nitrogen and oxygen atoms in total. The fourth-order valence-corrected chi connectivity index (χ4v) is 8.25. The molecule has 1 unspecified atom stereocenters. The highest BCUT2D eigenvalue weighted by molar-refractivity contribution is 7.93. The number of sulfonamides is 1. The number of ether oxygens (including phenoxy) is 3. The Bertz CT molecular complexity index is 1460. The molecule has 43 heavy (non-hydrogen) atoms. The third-order valence-electron chi connectivity index (χ3n) is 8.11. The molecule has 0 spiro atoms. The number of hydrogen-bond donors (Lipinski definition) is 1. The van der Waals surface area contributed by atoms with E-state index in [9.17, 15) is 13.5 Å². The van der Waals surface area contributed by atoms with Gasteiger partial charge in [0.25, 0.3) is 0 Å². The lowest BCUT2D eigenvalue weighted by Crippen LogP contribution is -2.48. The van der Waals surface area contributed by atoms with Crippen LogP contribution in [0.15, 0.2) is 36.4 Å². The van der Waals surface area contributed by atoms with Gasteiger partial charge in [0.1, 0.15) is 28.1 Å². The molecule has 2 atom stereocenters. The number of pyridine rings is 1. The predicted octanol–water partition coefficient (Wildman–Crippen LogP) is 5.16. The summed E-state index contributed by atoms with van der Waals surface area (Å²) in [6.07, 6.45) is 3.72. The van der Waals surface area contributed by atoms with Gasteiger partial charge in [0.05, 0.1) is 27.4 Å². The summed E-state index contributed by atoms with van der Waals surface area (Å²) in [7, 11) is -1.26. The summed E-state index contributed by atoms with van der Waals surface area (Å²) in [6, 6.07) is 11.2. The molecular formula is C30H45N5O6SSi. The quantitative estimate of drug-likeness (QED) is 0.254. The maximum Gasteiger partial charge on any atom is 0.246 e. The van der Waals surface area contributed by atoms with E-state index in [1.54, 1.807) is 47.9 Å². The van der Waals surface area contributed by atoms with Gasteiger partial charge in [0, 0.05) is 20.7 Å². The van der Waals surface area contributed by atoms with E-state index in [0.717, 1.165) is 32.1 Å². The minimum absolute atomic E-state index is 0.0684. The molecule has 1 N–H and O–H groups in total. The standard InChI is InChI=1S/C30H45N5O6SSi/c1-21(28(36)22-13-9-8-10-14-22)42(37,38)34(19-20-43(5,6)7)30-33-32-29(23-15-11-18-26(31-23)41-4)35(30)27-24(39-2)16-12-17-25(27)40-3/h11-12,15-18,21-22,28,36H,8-10,13-14,19-20H2,1-7H3/t21-,28?/m0/s1. The van der Waals surface area contributed by atoms with Crippen LogP contribution < -0.4 is 18.5 Å². The molecule has 0 amide bonds. The minimum atomic E-state index is -4.12. The molecule has 0 radical (unpaired) electrons. The Morgan fingerprint density at radius 1 is 0.977 bits per heavy atom. The average Bonchev–Trinajstić information content (AvgIpc) is 3.43. The molecule has 13 heteroatoms. The fourth-order valence-electron chi connectivity index (χ4n) is 5.53. The van der Waals surface area contributed by atoms with Crippen molar-refractivity contribution < 1.29 is 27.7 Å². The van der Waals surface area contributed by atoms with E-state index in [-0.39, 0.29) is 24.2 Å². The summed E-state index contributed by atoms with van der Waals surface area (Å²) < 4.78 is 48.9. The van der Waals surface area contributed by atoms with Crippen LogP contribution in [0.3, 0.4) is 0 Å². The number of methoxy groups -OCH3 is 3. The van der Waals surface area contributed by atoms with Crippen LogP contribution in [-0.4, -0.2) is 80.6 Å². The lowest BCUT2D eigenvalue weighted by Gasteiger charge is -2.34. The molecule has 236 valence electrons. The van der Waals surface area contributed by atoms with Gasteiger partial charge in [-0.2, -0.15) is 0 Å². The van der Waals surface area contributed by atoms with Gasteiger partial charge in [-0.05, 0) is 49.9 Å². The van der Waals surface area contributed by atoms with Gasteiger partial charge in [0.2, 0.25) is 21.9 Å². The molecule has 1 aliphatic rings. The second-order valence-corrected chi connectivity index (χ2v) is 20.1. The summed E-state index contributed by atoms with van der Waals surface area (Å²) in [6.45, 7) is 8.36. The number of aromatic nitrogens is 4. The van der Waals surface area contributed by atoms with Crippen molar-refractivity contribution in [1.29, 1.82) is 0 Å². The number of benzene rings is 1. The molecule has 0 aliphatic heterocycles. The maximum absolute atomic E-state index is 14.6. The molecule has 4 rings (SSSR count). The zero-order chi connectivity index (χ0) is 31.4. The number of para-hydroxylation sites is 1. The molecule has 2 aromatic heterocycles. The van der Waals surface area contributed by atoms with Crippen molar-refractivity contribution in [3.63, 3.8) is 0 Å². The number of aliphatic hydroxyl groups is 1. The van der Waals surface area contributed by atoms with Gasteiger partial charge in [-0.25, -0.2) is 17.7 Å². The van der Waals surface area contributed by atoms with Crippen LogP contribution in [0.5, 0.6) is 17.4 Å². The van der Waals surface area contributed by atoms with Gasteiger partial charge in [-0.1, -0.05) is 51.0 Å². The highest BCUT2D eigenvalue weighted by atomic mass is 32.2. The van der Waals surface area contributed by atoms with E-state index in [2.05, 4.69) is 34.8 Å². The molecular weight excluding hydrogens is 587 g/mol. The number of aliphatic hydroxyl groups excluding tert-OH is 1. The van der Waals surface area contributed by atoms with Crippen LogP contribution in [0, 0.1) is 5.92 Å². The van der Waals surface area contributed by atoms with E-state index in [0.29, 0.717) is 34.8 Å². The van der Waals surface area contributed by atoms with Gasteiger partial charge in [0.15, 0.2) is 5.82 Å². The number of hydrogen-bond acceptors (Lipinski definition) is 9. The lowest BCUT2D eigenvalue weighted by atomic mass is 9.84. The van der Waals surface area contributed by atoms with Crippen LogP contribution in [0.4, 0.5) is 5.95 Å². The van der Waals surface area contributed by atoms with Gasteiger partial charge < -0.3 is 19.3 Å². The van der Waals surface area contributed by atoms with Crippen molar-refractivity contribution in [1.82, 2.24) is 19.7 Å². The van der Waals surface area contributed by atoms with Crippen LogP contribution in [0.2, 0.25) is 25.7 Å². The molecule has 1 aromatic carbocycles. The first-order valence-corrected chi connectivity index (χ1v) is 20.0. The van der Waals surface area contributed by atoms with Crippen molar-refractivity contribution >= 4 is 24.0 Å². The largest absolute Gasteiger partial charge is 0.494 e. The third kappa shape index (κ3) is 7.15. The van der Waals surface area contributed by atoms with E-state index < -0.39 is 29.5 Å². The van der Waals surface area contributed by atoms with E-state index in [1.165, 1.54) is 25.6 Å². The first kappa shape index (κ1) is 32.7. The van der Waals surface area contributed by atoms with Crippen LogP contribution >= 0.6 is 0 Å². The summed E-state index contributed by atoms with van der Waals surface area (Å²) in [5, 5.41) is 19.3. The Morgan fingerprint density at radius 3 is 2.19 bits per heavy atom. The fraction of sp³-hybridized carbons (Fsp3) is 0.567. The third-order valence-corrected chi connectivity index (χ3v) is 12.0. The Kier molecular flexibility index (Phi) is 10.4. The monoisotopic (exact) mass is 631 g/mol. The molecule has 1 saturated carbocycles. The topological polar surface area (TPSA) is 129 Å².